The van der Waals surface area contributed by atoms with Crippen molar-refractivity contribution in [3.05, 3.63) is 71.3 Å². The van der Waals surface area contributed by atoms with Gasteiger partial charge in [0.2, 0.25) is 0 Å². The molecule has 25 heavy (non-hydrogen) atoms. The molecule has 0 aliphatic heterocycles. The van der Waals surface area contributed by atoms with Crippen molar-refractivity contribution in [3.63, 3.8) is 0 Å². The standard InChI is InChI=1S/C22H26ClNO/c1-16-12-14-18(15-13-16)22(25)20(23)21(17-8-4-2-5-9-17)24-19-10-6-3-7-11-19/h2,4-5,8-9,12-15,19-21,24H,3,6-7,10-11H2,1H3/t20-,21-/m0/s1. The molecule has 0 bridgehead atoms. The topological polar surface area (TPSA) is 29.1 Å². The summed E-state index contributed by atoms with van der Waals surface area (Å²) in [5.41, 5.74) is 2.90. The van der Waals surface area contributed by atoms with Crippen LogP contribution in [-0.2, 0) is 0 Å². The zero-order valence-corrected chi connectivity index (χ0v) is 15.5. The van der Waals surface area contributed by atoms with E-state index in [1.54, 1.807) is 0 Å². The first kappa shape index (κ1) is 18.2. The number of halogens is 1. The van der Waals surface area contributed by atoms with Crippen molar-refractivity contribution in [2.45, 2.75) is 56.5 Å². The van der Waals surface area contributed by atoms with Crippen LogP contribution in [0.1, 0.15) is 59.6 Å². The molecule has 132 valence electrons. The van der Waals surface area contributed by atoms with Gasteiger partial charge in [-0.2, -0.15) is 0 Å². The molecule has 2 nitrogen and oxygen atoms in total. The summed E-state index contributed by atoms with van der Waals surface area (Å²) in [5, 5.41) is 3.06. The summed E-state index contributed by atoms with van der Waals surface area (Å²) in [6, 6.07) is 18.0. The number of benzene rings is 2. The first-order valence-electron chi connectivity index (χ1n) is 9.21. The predicted molar refractivity (Wildman–Crippen MR) is 104 cm³/mol. The molecule has 1 N–H and O–H groups in total. The lowest BCUT2D eigenvalue weighted by atomic mass is 9.91. The molecule has 0 heterocycles. The highest BCUT2D eigenvalue weighted by atomic mass is 35.5. The highest BCUT2D eigenvalue weighted by Crippen LogP contribution is 2.28. The second-order valence-electron chi connectivity index (χ2n) is 7.02. The number of rotatable bonds is 6. The monoisotopic (exact) mass is 355 g/mol. The van der Waals surface area contributed by atoms with Crippen molar-refractivity contribution in [1.29, 1.82) is 0 Å². The average Bonchev–Trinajstić information content (AvgIpc) is 2.67. The van der Waals surface area contributed by atoms with Gasteiger partial charge in [-0.3, -0.25) is 4.79 Å². The summed E-state index contributed by atoms with van der Waals surface area (Å²) >= 11 is 6.71. The fourth-order valence-corrected chi connectivity index (χ4v) is 3.91. The Bertz CT molecular complexity index is 677. The third-order valence-corrected chi connectivity index (χ3v) is 5.51. The molecule has 2 aromatic rings. The fourth-order valence-electron chi connectivity index (χ4n) is 3.56. The van der Waals surface area contributed by atoms with Gasteiger partial charge in [0.25, 0.3) is 0 Å². The van der Waals surface area contributed by atoms with E-state index >= 15 is 0 Å². The normalized spacial score (nSPS) is 17.8. The number of carbonyl (C=O) groups excluding carboxylic acids is 1. The van der Waals surface area contributed by atoms with Crippen molar-refractivity contribution < 1.29 is 4.79 Å². The van der Waals surface area contributed by atoms with Gasteiger partial charge in [-0.15, -0.1) is 11.6 Å². The first-order valence-corrected chi connectivity index (χ1v) is 9.65. The minimum atomic E-state index is -0.618. The lowest BCUT2D eigenvalue weighted by molar-refractivity contribution is 0.0970. The van der Waals surface area contributed by atoms with Crippen LogP contribution in [-0.4, -0.2) is 17.2 Å². The molecule has 1 saturated carbocycles. The van der Waals surface area contributed by atoms with Gasteiger partial charge in [0.05, 0.1) is 6.04 Å². The van der Waals surface area contributed by atoms with Crippen molar-refractivity contribution in [3.8, 4) is 0 Å². The number of aryl methyl sites for hydroxylation is 1. The highest BCUT2D eigenvalue weighted by Gasteiger charge is 2.30. The van der Waals surface area contributed by atoms with Gasteiger partial charge in [0, 0.05) is 11.6 Å². The maximum Gasteiger partial charge on any atom is 0.182 e. The quantitative estimate of drug-likeness (QED) is 0.551. The number of hydrogen-bond acceptors (Lipinski definition) is 2. The fraction of sp³-hybridized carbons (Fsp3) is 0.409. The van der Waals surface area contributed by atoms with E-state index in [-0.39, 0.29) is 11.8 Å². The number of Topliss-reactive ketones (excluding diaryl/α,β-unsaturated/α-hetero) is 1. The Hall–Kier alpha value is -1.64. The molecule has 1 fully saturated rings. The minimum Gasteiger partial charge on any atom is -0.306 e. The molecule has 0 aromatic heterocycles. The number of nitrogens with one attached hydrogen (secondary N) is 1. The summed E-state index contributed by atoms with van der Waals surface area (Å²) in [5.74, 6) is -0.0150. The Balaban J connectivity index is 1.82. The first-order chi connectivity index (χ1) is 12.1. The van der Waals surface area contributed by atoms with Gasteiger partial charge in [-0.25, -0.2) is 0 Å². The maximum absolute atomic E-state index is 12.9. The van der Waals surface area contributed by atoms with Crippen molar-refractivity contribution in [2.75, 3.05) is 0 Å². The molecular formula is C22H26ClNO. The number of carbonyl (C=O) groups is 1. The van der Waals surface area contributed by atoms with Crippen LogP contribution in [0.2, 0.25) is 0 Å². The molecule has 3 heteroatoms. The van der Waals surface area contributed by atoms with Crippen LogP contribution in [0.3, 0.4) is 0 Å². The smallest absolute Gasteiger partial charge is 0.182 e. The van der Waals surface area contributed by atoms with Crippen LogP contribution in [0.5, 0.6) is 0 Å². The summed E-state index contributed by atoms with van der Waals surface area (Å²) in [6.45, 7) is 2.02. The Labute approximate surface area is 155 Å². The van der Waals surface area contributed by atoms with Crippen molar-refractivity contribution in [1.82, 2.24) is 5.32 Å². The van der Waals surface area contributed by atoms with Crippen LogP contribution >= 0.6 is 11.6 Å². The second-order valence-corrected chi connectivity index (χ2v) is 7.49. The Morgan fingerprint density at radius 1 is 1.00 bits per heavy atom. The molecule has 3 rings (SSSR count). The zero-order chi connectivity index (χ0) is 17.6. The molecule has 2 atom stereocenters. The summed E-state index contributed by atoms with van der Waals surface area (Å²) < 4.78 is 0. The number of hydrogen-bond donors (Lipinski definition) is 1. The SMILES string of the molecule is Cc1ccc(C(=O)[C@@H](Cl)[C@@H](NC2CCCCC2)c2ccccc2)cc1. The maximum atomic E-state index is 12.9. The molecular weight excluding hydrogens is 330 g/mol. The van der Waals surface area contributed by atoms with Gasteiger partial charge in [0.15, 0.2) is 5.78 Å². The highest BCUT2D eigenvalue weighted by molar-refractivity contribution is 6.34. The van der Waals surface area contributed by atoms with Gasteiger partial charge in [-0.1, -0.05) is 79.4 Å². The zero-order valence-electron chi connectivity index (χ0n) is 14.7. The third kappa shape index (κ3) is 4.71. The van der Waals surface area contributed by atoms with Gasteiger partial charge in [-0.05, 0) is 25.3 Å². The average molecular weight is 356 g/mol. The van der Waals surface area contributed by atoms with E-state index in [4.69, 9.17) is 11.6 Å². The van der Waals surface area contributed by atoms with Gasteiger partial charge >= 0.3 is 0 Å². The van der Waals surface area contributed by atoms with Crippen molar-refractivity contribution >= 4 is 17.4 Å². The summed E-state index contributed by atoms with van der Waals surface area (Å²) in [6.07, 6.45) is 6.12. The van der Waals surface area contributed by atoms with Crippen LogP contribution in [0.25, 0.3) is 0 Å². The van der Waals surface area contributed by atoms with E-state index < -0.39 is 5.38 Å². The Morgan fingerprint density at radius 3 is 2.28 bits per heavy atom. The third-order valence-electron chi connectivity index (χ3n) is 5.06. The summed E-state index contributed by atoms with van der Waals surface area (Å²) in [7, 11) is 0. The Kier molecular flexibility index (Phi) is 6.28. The van der Waals surface area contributed by atoms with Crippen LogP contribution in [0.4, 0.5) is 0 Å². The van der Waals surface area contributed by atoms with Crippen LogP contribution < -0.4 is 5.32 Å². The molecule has 2 aromatic carbocycles. The van der Waals surface area contributed by atoms with Gasteiger partial charge in [0.1, 0.15) is 5.38 Å². The molecule has 0 saturated heterocycles. The van der Waals surface area contributed by atoms with Gasteiger partial charge < -0.3 is 5.32 Å². The van der Waals surface area contributed by atoms with Crippen molar-refractivity contribution in [2.24, 2.45) is 0 Å². The lowest BCUT2D eigenvalue weighted by Gasteiger charge is -2.31. The van der Waals surface area contributed by atoms with E-state index in [0.717, 1.165) is 24.0 Å². The Morgan fingerprint density at radius 2 is 1.64 bits per heavy atom. The summed E-state index contributed by atoms with van der Waals surface area (Å²) in [4.78, 5) is 12.9. The molecule has 0 unspecified atom stereocenters. The number of ketones is 1. The number of alkyl halides is 1. The minimum absolute atomic E-state index is 0.0150. The lowest BCUT2D eigenvalue weighted by Crippen LogP contribution is -2.41. The van der Waals surface area contributed by atoms with E-state index in [0.29, 0.717) is 11.6 Å². The van der Waals surface area contributed by atoms with E-state index in [2.05, 4.69) is 17.4 Å². The molecule has 0 spiro atoms. The van der Waals surface area contributed by atoms with E-state index in [1.807, 2.05) is 49.4 Å². The second kappa shape index (κ2) is 8.64. The van der Waals surface area contributed by atoms with E-state index in [1.165, 1.54) is 19.3 Å². The van der Waals surface area contributed by atoms with E-state index in [9.17, 15) is 4.79 Å². The molecule has 0 amide bonds. The van der Waals surface area contributed by atoms with Crippen LogP contribution in [0, 0.1) is 6.92 Å². The molecule has 1 aliphatic carbocycles. The predicted octanol–water partition coefficient (Wildman–Crippen LogP) is 5.45. The molecule has 1 aliphatic rings. The largest absolute Gasteiger partial charge is 0.306 e. The van der Waals surface area contributed by atoms with Crippen LogP contribution in [0.15, 0.2) is 54.6 Å². The molecule has 0 radical (unpaired) electrons.